The van der Waals surface area contributed by atoms with Gasteiger partial charge in [0, 0.05) is 26.2 Å². The standard InChI is InChI=1S/C31H24Cl3N3O3S/c1-19(29(38)36-27-13-6-5-12-25(27)33)41-24-11-7-10-23(18-24)35-31(40)28(16-21-14-15-22(32)17-26(21)34)37-30(39)20-8-3-2-4-9-20/h2-19H,1H3,(H,35,40)(H,36,38)(H,37,39)/b28-16+. The third kappa shape index (κ3) is 8.62. The molecule has 4 aromatic rings. The predicted octanol–water partition coefficient (Wildman–Crippen LogP) is 8.18. The first-order chi connectivity index (χ1) is 19.7. The minimum atomic E-state index is -0.563. The Morgan fingerprint density at radius 2 is 1.51 bits per heavy atom. The molecule has 3 N–H and O–H groups in total. The van der Waals surface area contributed by atoms with Crippen LogP contribution < -0.4 is 16.0 Å². The van der Waals surface area contributed by atoms with Crippen LogP contribution in [0, 0.1) is 0 Å². The van der Waals surface area contributed by atoms with Gasteiger partial charge in [-0.15, -0.1) is 11.8 Å². The van der Waals surface area contributed by atoms with E-state index in [1.807, 2.05) is 6.07 Å². The number of para-hydroxylation sites is 1. The second-order valence-electron chi connectivity index (χ2n) is 8.76. The summed E-state index contributed by atoms with van der Waals surface area (Å²) in [5, 5.41) is 9.08. The molecule has 4 rings (SSSR count). The van der Waals surface area contributed by atoms with Gasteiger partial charge in [-0.3, -0.25) is 14.4 Å². The fraction of sp³-hybridized carbons (Fsp3) is 0.0645. The summed E-state index contributed by atoms with van der Waals surface area (Å²) in [5.74, 6) is -1.24. The molecule has 1 atom stereocenters. The minimum absolute atomic E-state index is 0.0198. The number of carbonyl (C=O) groups is 3. The molecular formula is C31H24Cl3N3O3S. The lowest BCUT2D eigenvalue weighted by molar-refractivity contribution is -0.115. The lowest BCUT2D eigenvalue weighted by Gasteiger charge is -2.14. The van der Waals surface area contributed by atoms with Crippen LogP contribution in [0.3, 0.4) is 0 Å². The molecule has 10 heteroatoms. The van der Waals surface area contributed by atoms with Gasteiger partial charge in [0.25, 0.3) is 11.8 Å². The molecule has 208 valence electrons. The van der Waals surface area contributed by atoms with E-state index in [9.17, 15) is 14.4 Å². The summed E-state index contributed by atoms with van der Waals surface area (Å²) in [6.07, 6.45) is 1.48. The molecule has 0 saturated carbocycles. The number of rotatable bonds is 9. The topological polar surface area (TPSA) is 87.3 Å². The molecule has 41 heavy (non-hydrogen) atoms. The van der Waals surface area contributed by atoms with Gasteiger partial charge in [-0.05, 0) is 73.2 Å². The van der Waals surface area contributed by atoms with Crippen molar-refractivity contribution < 1.29 is 14.4 Å². The number of carbonyl (C=O) groups excluding carboxylic acids is 3. The summed E-state index contributed by atoms with van der Waals surface area (Å²) < 4.78 is 0. The number of thioether (sulfide) groups is 1. The number of hydrogen-bond acceptors (Lipinski definition) is 4. The Bertz CT molecular complexity index is 1610. The van der Waals surface area contributed by atoms with Crippen LogP contribution in [0.25, 0.3) is 6.08 Å². The molecular weight excluding hydrogens is 601 g/mol. The van der Waals surface area contributed by atoms with Crippen molar-refractivity contribution in [1.29, 1.82) is 0 Å². The lowest BCUT2D eigenvalue weighted by atomic mass is 10.1. The van der Waals surface area contributed by atoms with E-state index in [0.29, 0.717) is 37.6 Å². The maximum Gasteiger partial charge on any atom is 0.272 e. The van der Waals surface area contributed by atoms with Crippen molar-refractivity contribution in [3.8, 4) is 0 Å². The van der Waals surface area contributed by atoms with E-state index in [0.717, 1.165) is 4.90 Å². The van der Waals surface area contributed by atoms with Gasteiger partial charge in [0.15, 0.2) is 0 Å². The molecule has 3 amide bonds. The van der Waals surface area contributed by atoms with E-state index in [-0.39, 0.29) is 11.6 Å². The molecule has 0 fully saturated rings. The number of benzene rings is 4. The van der Waals surface area contributed by atoms with Crippen LogP contribution in [0.2, 0.25) is 15.1 Å². The van der Waals surface area contributed by atoms with Crippen molar-refractivity contribution in [3.05, 3.63) is 129 Å². The van der Waals surface area contributed by atoms with Crippen LogP contribution in [0.4, 0.5) is 11.4 Å². The normalized spacial score (nSPS) is 11.9. The molecule has 4 aromatic carbocycles. The first-order valence-electron chi connectivity index (χ1n) is 12.4. The lowest BCUT2D eigenvalue weighted by Crippen LogP contribution is -2.30. The van der Waals surface area contributed by atoms with E-state index in [2.05, 4.69) is 16.0 Å². The Morgan fingerprint density at radius 3 is 2.24 bits per heavy atom. The number of hydrogen-bond donors (Lipinski definition) is 3. The van der Waals surface area contributed by atoms with E-state index in [4.69, 9.17) is 34.8 Å². The average Bonchev–Trinajstić information content (AvgIpc) is 2.95. The Kier molecular flexibility index (Phi) is 10.5. The zero-order chi connectivity index (χ0) is 29.4. The molecule has 0 bridgehead atoms. The van der Waals surface area contributed by atoms with Crippen LogP contribution in [-0.4, -0.2) is 23.0 Å². The van der Waals surface area contributed by atoms with Gasteiger partial charge in [0.05, 0.1) is 16.0 Å². The molecule has 0 spiro atoms. The van der Waals surface area contributed by atoms with Crippen molar-refractivity contribution in [1.82, 2.24) is 5.32 Å². The van der Waals surface area contributed by atoms with Crippen LogP contribution in [0.1, 0.15) is 22.8 Å². The van der Waals surface area contributed by atoms with Crippen molar-refractivity contribution in [2.45, 2.75) is 17.1 Å². The highest BCUT2D eigenvalue weighted by Gasteiger charge is 2.18. The maximum absolute atomic E-state index is 13.4. The van der Waals surface area contributed by atoms with Gasteiger partial charge < -0.3 is 16.0 Å². The monoisotopic (exact) mass is 623 g/mol. The summed E-state index contributed by atoms with van der Waals surface area (Å²) in [6.45, 7) is 1.78. The maximum atomic E-state index is 13.4. The Labute approximate surface area is 257 Å². The van der Waals surface area contributed by atoms with Crippen LogP contribution in [0.5, 0.6) is 0 Å². The molecule has 6 nitrogen and oxygen atoms in total. The molecule has 0 aliphatic carbocycles. The first kappa shape index (κ1) is 30.2. The summed E-state index contributed by atoms with van der Waals surface area (Å²) in [6, 6.07) is 27.4. The van der Waals surface area contributed by atoms with Crippen LogP contribution in [-0.2, 0) is 9.59 Å². The van der Waals surface area contributed by atoms with Crippen molar-refractivity contribution in [2.24, 2.45) is 0 Å². The van der Waals surface area contributed by atoms with Gasteiger partial charge in [0.1, 0.15) is 5.70 Å². The van der Waals surface area contributed by atoms with Gasteiger partial charge in [-0.2, -0.15) is 0 Å². The minimum Gasteiger partial charge on any atom is -0.324 e. The summed E-state index contributed by atoms with van der Waals surface area (Å²) in [7, 11) is 0. The number of amides is 3. The van der Waals surface area contributed by atoms with E-state index in [1.165, 1.54) is 17.8 Å². The van der Waals surface area contributed by atoms with Gasteiger partial charge in [-0.1, -0.05) is 77.3 Å². The van der Waals surface area contributed by atoms with Crippen molar-refractivity contribution in [3.63, 3.8) is 0 Å². The molecule has 0 aromatic heterocycles. The Balaban J connectivity index is 1.51. The van der Waals surface area contributed by atoms with Gasteiger partial charge in [-0.25, -0.2) is 0 Å². The second-order valence-corrected chi connectivity index (χ2v) is 11.4. The van der Waals surface area contributed by atoms with Crippen molar-refractivity contribution in [2.75, 3.05) is 10.6 Å². The molecule has 0 heterocycles. The van der Waals surface area contributed by atoms with Crippen LogP contribution in [0.15, 0.2) is 108 Å². The van der Waals surface area contributed by atoms with Gasteiger partial charge in [0.2, 0.25) is 5.91 Å². The third-order valence-electron chi connectivity index (χ3n) is 5.70. The van der Waals surface area contributed by atoms with E-state index >= 15 is 0 Å². The highest BCUT2D eigenvalue weighted by Crippen LogP contribution is 2.28. The SMILES string of the molecule is CC(Sc1cccc(NC(=O)/C(=C\c2ccc(Cl)cc2Cl)NC(=O)c2ccccc2)c1)C(=O)Nc1ccccc1Cl. The van der Waals surface area contributed by atoms with Gasteiger partial charge >= 0.3 is 0 Å². The predicted molar refractivity (Wildman–Crippen MR) is 169 cm³/mol. The molecule has 0 radical (unpaired) electrons. The Hall–Kier alpha value is -3.75. The first-order valence-corrected chi connectivity index (χ1v) is 14.4. The van der Waals surface area contributed by atoms with Crippen LogP contribution >= 0.6 is 46.6 Å². The highest BCUT2D eigenvalue weighted by atomic mass is 35.5. The number of halogens is 3. The smallest absolute Gasteiger partial charge is 0.272 e. The molecule has 0 aliphatic heterocycles. The second kappa shape index (κ2) is 14.2. The third-order valence-corrected chi connectivity index (χ3v) is 7.68. The number of anilines is 2. The summed E-state index contributed by atoms with van der Waals surface area (Å²) in [5.41, 5.74) is 1.87. The Morgan fingerprint density at radius 1 is 0.780 bits per heavy atom. The summed E-state index contributed by atoms with van der Waals surface area (Å²) in [4.78, 5) is 39.8. The number of nitrogens with one attached hydrogen (secondary N) is 3. The fourth-order valence-corrected chi connectivity index (χ4v) is 5.19. The molecule has 0 aliphatic rings. The zero-order valence-electron chi connectivity index (χ0n) is 21.7. The van der Waals surface area contributed by atoms with E-state index < -0.39 is 17.1 Å². The quantitative estimate of drug-likeness (QED) is 0.129. The largest absolute Gasteiger partial charge is 0.324 e. The molecule has 0 saturated heterocycles. The zero-order valence-corrected chi connectivity index (χ0v) is 24.7. The average molecular weight is 625 g/mol. The fourth-order valence-electron chi connectivity index (χ4n) is 3.62. The van der Waals surface area contributed by atoms with Crippen molar-refractivity contribution >= 4 is 81.7 Å². The van der Waals surface area contributed by atoms with E-state index in [1.54, 1.807) is 97.9 Å². The highest BCUT2D eigenvalue weighted by molar-refractivity contribution is 8.00. The summed E-state index contributed by atoms with van der Waals surface area (Å²) >= 11 is 19.8. The molecule has 1 unspecified atom stereocenters.